The lowest BCUT2D eigenvalue weighted by atomic mass is 10.0. The van der Waals surface area contributed by atoms with Crippen molar-refractivity contribution in [1.82, 2.24) is 5.43 Å². The summed E-state index contributed by atoms with van der Waals surface area (Å²) < 4.78 is 27.3. The van der Waals surface area contributed by atoms with E-state index in [1.807, 2.05) is 6.07 Å². The number of nitrogens with one attached hydrogen (secondary N) is 1. The third-order valence-electron chi connectivity index (χ3n) is 3.05. The third-order valence-corrected chi connectivity index (χ3v) is 3.05. The minimum absolute atomic E-state index is 0.0668. The van der Waals surface area contributed by atoms with Crippen LogP contribution in [0.15, 0.2) is 42.5 Å². The second-order valence-corrected chi connectivity index (χ2v) is 4.19. The molecule has 1 heterocycles. The van der Waals surface area contributed by atoms with Crippen LogP contribution in [0.1, 0.15) is 15.9 Å². The highest BCUT2D eigenvalue weighted by Crippen LogP contribution is 2.25. The monoisotopic (exact) mass is 260 g/mol. The quantitative estimate of drug-likeness (QED) is 0.854. The van der Waals surface area contributed by atoms with Gasteiger partial charge in [0.1, 0.15) is 11.6 Å². The Morgan fingerprint density at radius 3 is 2.42 bits per heavy atom. The van der Waals surface area contributed by atoms with Crippen molar-refractivity contribution in [3.05, 3.63) is 65.2 Å². The summed E-state index contributed by atoms with van der Waals surface area (Å²) >= 11 is 0. The van der Waals surface area contributed by atoms with Gasteiger partial charge in [-0.25, -0.2) is 19.2 Å². The molecule has 1 N–H and O–H groups in total. The molecule has 0 unspecified atom stereocenters. The van der Waals surface area contributed by atoms with Crippen LogP contribution in [0.2, 0.25) is 0 Å². The molecule has 0 bridgehead atoms. The van der Waals surface area contributed by atoms with Crippen LogP contribution in [0.25, 0.3) is 0 Å². The molecule has 0 saturated carbocycles. The smallest absolute Gasteiger partial charge is 0.267 e. The first kappa shape index (κ1) is 11.8. The van der Waals surface area contributed by atoms with Crippen molar-refractivity contribution < 1.29 is 13.6 Å². The molecule has 1 amide bonds. The summed E-state index contributed by atoms with van der Waals surface area (Å²) in [6.45, 7) is 0.0690. The summed E-state index contributed by atoms with van der Waals surface area (Å²) in [5.74, 6) is -1.88. The molecule has 0 saturated heterocycles. The summed E-state index contributed by atoms with van der Waals surface area (Å²) in [5.41, 5.74) is 3.23. The zero-order valence-corrected chi connectivity index (χ0v) is 9.86. The predicted molar refractivity (Wildman–Crippen MR) is 66.4 cm³/mol. The number of fused-ring (bicyclic) bond motifs is 1. The maximum atomic E-state index is 13.7. The normalized spacial score (nSPS) is 14.4. The zero-order chi connectivity index (χ0) is 13.4. The topological polar surface area (TPSA) is 32.3 Å². The summed E-state index contributed by atoms with van der Waals surface area (Å²) in [7, 11) is 0. The Bertz CT molecular complexity index is 643. The van der Waals surface area contributed by atoms with E-state index in [1.165, 1.54) is 5.01 Å². The van der Waals surface area contributed by atoms with Gasteiger partial charge in [-0.1, -0.05) is 18.2 Å². The molecule has 1 aliphatic rings. The number of hydrogen-bond acceptors (Lipinski definition) is 2. The molecule has 1 aliphatic heterocycles. The van der Waals surface area contributed by atoms with Crippen molar-refractivity contribution in [2.45, 2.75) is 6.54 Å². The van der Waals surface area contributed by atoms with Crippen molar-refractivity contribution in [2.75, 3.05) is 5.01 Å². The number of benzene rings is 2. The zero-order valence-electron chi connectivity index (χ0n) is 9.86. The largest absolute Gasteiger partial charge is 0.276 e. The Morgan fingerprint density at radius 2 is 1.68 bits per heavy atom. The fourth-order valence-corrected chi connectivity index (χ4v) is 2.13. The first-order chi connectivity index (χ1) is 9.18. The van der Waals surface area contributed by atoms with Crippen molar-refractivity contribution in [3.63, 3.8) is 0 Å². The van der Waals surface area contributed by atoms with Gasteiger partial charge in [-0.3, -0.25) is 4.79 Å². The van der Waals surface area contributed by atoms with Crippen LogP contribution in [-0.4, -0.2) is 5.91 Å². The Kier molecular flexibility index (Phi) is 2.76. The summed E-state index contributed by atoms with van der Waals surface area (Å²) in [4.78, 5) is 12.2. The minimum atomic E-state index is -0.705. The number of hydrazine groups is 1. The summed E-state index contributed by atoms with van der Waals surface area (Å²) in [6, 6.07) is 10.8. The molecule has 0 radical (unpaired) electrons. The van der Waals surface area contributed by atoms with Crippen molar-refractivity contribution in [1.29, 1.82) is 0 Å². The fourth-order valence-electron chi connectivity index (χ4n) is 2.13. The molecule has 3 rings (SSSR count). The molecule has 2 aromatic rings. The Morgan fingerprint density at radius 1 is 1.00 bits per heavy atom. The van der Waals surface area contributed by atoms with Crippen LogP contribution in [-0.2, 0) is 6.54 Å². The van der Waals surface area contributed by atoms with Gasteiger partial charge in [-0.05, 0) is 24.3 Å². The Hall–Kier alpha value is -2.27. The van der Waals surface area contributed by atoms with E-state index in [-0.39, 0.29) is 17.7 Å². The number of para-hydroxylation sites is 1. The predicted octanol–water partition coefficient (Wildman–Crippen LogP) is 2.63. The molecule has 0 fully saturated rings. The van der Waals surface area contributed by atoms with Gasteiger partial charge in [0.25, 0.3) is 5.91 Å². The highest BCUT2D eigenvalue weighted by atomic mass is 19.1. The van der Waals surface area contributed by atoms with Gasteiger partial charge < -0.3 is 0 Å². The van der Waals surface area contributed by atoms with E-state index < -0.39 is 17.5 Å². The van der Waals surface area contributed by atoms with E-state index >= 15 is 0 Å². The van der Waals surface area contributed by atoms with E-state index in [0.717, 1.165) is 12.1 Å². The molecule has 2 aromatic carbocycles. The minimum Gasteiger partial charge on any atom is -0.267 e. The SMILES string of the molecule is O=C1c2c(F)ccc(F)c2CNN1c1ccccc1. The lowest BCUT2D eigenvalue weighted by Gasteiger charge is -2.29. The number of rotatable bonds is 1. The molecule has 96 valence electrons. The molecule has 0 aliphatic carbocycles. The average molecular weight is 260 g/mol. The van der Waals surface area contributed by atoms with E-state index in [4.69, 9.17) is 0 Å². The van der Waals surface area contributed by atoms with Crippen LogP contribution in [0, 0.1) is 11.6 Å². The lowest BCUT2D eigenvalue weighted by molar-refractivity contribution is 0.0958. The lowest BCUT2D eigenvalue weighted by Crippen LogP contribution is -2.47. The Balaban J connectivity index is 2.08. The second-order valence-electron chi connectivity index (χ2n) is 4.19. The third kappa shape index (κ3) is 1.88. The van der Waals surface area contributed by atoms with E-state index in [0.29, 0.717) is 5.69 Å². The van der Waals surface area contributed by atoms with Gasteiger partial charge in [0, 0.05) is 12.1 Å². The van der Waals surface area contributed by atoms with Gasteiger partial charge in [-0.2, -0.15) is 0 Å². The summed E-state index contributed by atoms with van der Waals surface area (Å²) in [5, 5.41) is 1.23. The average Bonchev–Trinajstić information content (AvgIpc) is 2.44. The van der Waals surface area contributed by atoms with Gasteiger partial charge in [-0.15, -0.1) is 0 Å². The van der Waals surface area contributed by atoms with Crippen LogP contribution in [0.5, 0.6) is 0 Å². The van der Waals surface area contributed by atoms with Crippen LogP contribution in [0.4, 0.5) is 14.5 Å². The van der Waals surface area contributed by atoms with Crippen LogP contribution < -0.4 is 10.4 Å². The molecule has 3 nitrogen and oxygen atoms in total. The molecule has 5 heteroatoms. The van der Waals surface area contributed by atoms with E-state index in [1.54, 1.807) is 24.3 Å². The fraction of sp³-hybridized carbons (Fsp3) is 0.0714. The van der Waals surface area contributed by atoms with Gasteiger partial charge in [0.2, 0.25) is 0 Å². The summed E-state index contributed by atoms with van der Waals surface area (Å²) in [6.07, 6.45) is 0. The highest BCUT2D eigenvalue weighted by molar-refractivity contribution is 6.07. The Labute approximate surface area is 108 Å². The molecule has 0 atom stereocenters. The van der Waals surface area contributed by atoms with Gasteiger partial charge in [0.15, 0.2) is 0 Å². The second kappa shape index (κ2) is 4.44. The number of hydrogen-bond donors (Lipinski definition) is 1. The number of nitrogens with zero attached hydrogens (tertiary/aromatic N) is 1. The standard InChI is InChI=1S/C14H10F2N2O/c15-11-6-7-12(16)13-10(11)8-17-18(14(13)19)9-4-2-1-3-5-9/h1-7,17H,8H2. The molecule has 0 aromatic heterocycles. The molecule has 0 spiro atoms. The van der Waals surface area contributed by atoms with Crippen LogP contribution >= 0.6 is 0 Å². The van der Waals surface area contributed by atoms with Crippen molar-refractivity contribution >= 4 is 11.6 Å². The van der Waals surface area contributed by atoms with E-state index in [9.17, 15) is 13.6 Å². The van der Waals surface area contributed by atoms with Gasteiger partial charge >= 0.3 is 0 Å². The highest BCUT2D eigenvalue weighted by Gasteiger charge is 2.30. The maximum absolute atomic E-state index is 13.7. The first-order valence-corrected chi connectivity index (χ1v) is 5.78. The number of carbonyl (C=O) groups excluding carboxylic acids is 1. The molecular weight excluding hydrogens is 250 g/mol. The van der Waals surface area contributed by atoms with Crippen molar-refractivity contribution in [3.8, 4) is 0 Å². The number of anilines is 1. The van der Waals surface area contributed by atoms with Crippen molar-refractivity contribution in [2.24, 2.45) is 0 Å². The van der Waals surface area contributed by atoms with Gasteiger partial charge in [0.05, 0.1) is 11.3 Å². The number of amides is 1. The maximum Gasteiger partial charge on any atom is 0.276 e. The molecule has 19 heavy (non-hydrogen) atoms. The number of halogens is 2. The van der Waals surface area contributed by atoms with E-state index in [2.05, 4.69) is 5.43 Å². The molecular formula is C14H10F2N2O. The number of carbonyl (C=O) groups is 1. The van der Waals surface area contributed by atoms with Crippen LogP contribution in [0.3, 0.4) is 0 Å². The first-order valence-electron chi connectivity index (χ1n) is 5.78.